The van der Waals surface area contributed by atoms with E-state index in [1.165, 1.54) is 0 Å². The molecule has 0 aliphatic heterocycles. The number of rotatable bonds is 9. The Morgan fingerprint density at radius 1 is 1.26 bits per heavy atom. The molecule has 0 radical (unpaired) electrons. The van der Waals surface area contributed by atoms with Gasteiger partial charge in [0.2, 0.25) is 0 Å². The summed E-state index contributed by atoms with van der Waals surface area (Å²) in [7, 11) is 0. The van der Waals surface area contributed by atoms with Gasteiger partial charge >= 0.3 is 0 Å². The Balaban J connectivity index is 2.62. The van der Waals surface area contributed by atoms with Crippen LogP contribution >= 0.6 is 11.6 Å². The predicted octanol–water partition coefficient (Wildman–Crippen LogP) is 3.44. The lowest BCUT2D eigenvalue weighted by molar-refractivity contribution is 0.243. The number of benzene rings is 1. The Bertz CT molecular complexity index is 477. The second-order valence-corrected chi connectivity index (χ2v) is 6.58. The minimum atomic E-state index is 0.229. The molecule has 4 nitrogen and oxygen atoms in total. The van der Waals surface area contributed by atoms with Gasteiger partial charge in [0, 0.05) is 24.7 Å². The zero-order valence-corrected chi connectivity index (χ0v) is 15.2. The molecule has 0 saturated carbocycles. The van der Waals surface area contributed by atoms with Gasteiger partial charge in [0.25, 0.3) is 0 Å². The fraction of sp³-hybridized carbons (Fsp3) is 0.611. The molecule has 0 heterocycles. The van der Waals surface area contributed by atoms with Gasteiger partial charge in [0.05, 0.1) is 6.54 Å². The van der Waals surface area contributed by atoms with Crippen molar-refractivity contribution in [3.8, 4) is 0 Å². The molecule has 5 heteroatoms. The lowest BCUT2D eigenvalue weighted by Crippen LogP contribution is -2.40. The number of guanidine groups is 1. The van der Waals surface area contributed by atoms with Gasteiger partial charge in [-0.15, -0.1) is 0 Å². The second kappa shape index (κ2) is 11.3. The molecule has 0 aliphatic rings. The fourth-order valence-corrected chi connectivity index (χ4v) is 2.72. The van der Waals surface area contributed by atoms with Crippen molar-refractivity contribution in [2.75, 3.05) is 19.7 Å². The molecule has 0 amide bonds. The van der Waals surface area contributed by atoms with E-state index >= 15 is 0 Å². The van der Waals surface area contributed by atoms with E-state index in [1.54, 1.807) is 0 Å². The van der Waals surface area contributed by atoms with E-state index in [0.29, 0.717) is 18.4 Å². The minimum absolute atomic E-state index is 0.229. The summed E-state index contributed by atoms with van der Waals surface area (Å²) in [5.41, 5.74) is 1.01. The molecule has 130 valence electrons. The highest BCUT2D eigenvalue weighted by Gasteiger charge is 2.11. The van der Waals surface area contributed by atoms with Crippen LogP contribution in [0, 0.1) is 11.8 Å². The lowest BCUT2D eigenvalue weighted by atomic mass is 9.94. The number of halogens is 1. The second-order valence-electron chi connectivity index (χ2n) is 6.18. The molecule has 1 rings (SSSR count). The number of aliphatic hydroxyl groups excluding tert-OH is 1. The number of nitrogens with one attached hydrogen (secondary N) is 2. The molecule has 1 unspecified atom stereocenters. The SMILES string of the molecule is CCNC(=NCc1ccccc1Cl)NCC(CCO)CC(C)C. The third kappa shape index (κ3) is 8.24. The average Bonchev–Trinajstić information content (AvgIpc) is 2.51. The van der Waals surface area contributed by atoms with Gasteiger partial charge < -0.3 is 15.7 Å². The van der Waals surface area contributed by atoms with Crippen LogP contribution in [0.3, 0.4) is 0 Å². The van der Waals surface area contributed by atoms with Crippen molar-refractivity contribution >= 4 is 17.6 Å². The van der Waals surface area contributed by atoms with Gasteiger partial charge in [-0.25, -0.2) is 4.99 Å². The summed E-state index contributed by atoms with van der Waals surface area (Å²) >= 11 is 6.17. The van der Waals surface area contributed by atoms with Crippen molar-refractivity contribution < 1.29 is 5.11 Å². The maximum Gasteiger partial charge on any atom is 0.191 e. The van der Waals surface area contributed by atoms with Crippen LogP contribution in [0.15, 0.2) is 29.3 Å². The van der Waals surface area contributed by atoms with Gasteiger partial charge in [0.1, 0.15) is 0 Å². The number of aliphatic imine (C=N–C) groups is 1. The average molecular weight is 340 g/mol. The maximum absolute atomic E-state index is 9.21. The summed E-state index contributed by atoms with van der Waals surface area (Å²) in [5.74, 6) is 1.86. The lowest BCUT2D eigenvalue weighted by Gasteiger charge is -2.20. The van der Waals surface area contributed by atoms with Crippen molar-refractivity contribution in [1.29, 1.82) is 0 Å². The molecule has 1 aromatic rings. The standard InChI is InChI=1S/C18H30ClN3O/c1-4-20-18(21-12-15(9-10-23)11-14(2)3)22-13-16-7-5-6-8-17(16)19/h5-8,14-15,23H,4,9-13H2,1-3H3,(H2,20,21,22). The molecule has 23 heavy (non-hydrogen) atoms. The summed E-state index contributed by atoms with van der Waals surface area (Å²) < 4.78 is 0. The largest absolute Gasteiger partial charge is 0.396 e. The molecule has 1 aromatic carbocycles. The van der Waals surface area contributed by atoms with Crippen LogP contribution in [0.4, 0.5) is 0 Å². The molecule has 0 aliphatic carbocycles. The third-order valence-electron chi connectivity index (χ3n) is 3.61. The van der Waals surface area contributed by atoms with Crippen LogP contribution in [0.2, 0.25) is 5.02 Å². The minimum Gasteiger partial charge on any atom is -0.396 e. The molecule has 1 atom stereocenters. The van der Waals surface area contributed by atoms with Crippen molar-refractivity contribution in [2.24, 2.45) is 16.8 Å². The Morgan fingerprint density at radius 2 is 2.00 bits per heavy atom. The summed E-state index contributed by atoms with van der Waals surface area (Å²) in [4.78, 5) is 4.60. The number of aliphatic hydroxyl groups is 1. The van der Waals surface area contributed by atoms with Crippen LogP contribution in [0.1, 0.15) is 39.2 Å². The van der Waals surface area contributed by atoms with E-state index in [-0.39, 0.29) is 6.61 Å². The first kappa shape index (κ1) is 19.8. The smallest absolute Gasteiger partial charge is 0.191 e. The summed E-state index contributed by atoms with van der Waals surface area (Å²) in [6, 6.07) is 7.76. The number of hydrogen-bond acceptors (Lipinski definition) is 2. The highest BCUT2D eigenvalue weighted by molar-refractivity contribution is 6.31. The molecular formula is C18H30ClN3O. The Morgan fingerprint density at radius 3 is 2.61 bits per heavy atom. The highest BCUT2D eigenvalue weighted by atomic mass is 35.5. The maximum atomic E-state index is 9.21. The van der Waals surface area contributed by atoms with Crippen LogP contribution in [-0.4, -0.2) is 30.8 Å². The summed E-state index contributed by atoms with van der Waals surface area (Å²) in [5, 5.41) is 16.6. The fourth-order valence-electron chi connectivity index (χ4n) is 2.53. The van der Waals surface area contributed by atoms with Gasteiger partial charge in [-0.1, -0.05) is 43.6 Å². The van der Waals surface area contributed by atoms with E-state index in [2.05, 4.69) is 29.5 Å². The molecule has 0 aromatic heterocycles. The van der Waals surface area contributed by atoms with Crippen LogP contribution in [-0.2, 0) is 6.54 Å². The van der Waals surface area contributed by atoms with Crippen LogP contribution < -0.4 is 10.6 Å². The molecule has 3 N–H and O–H groups in total. The van der Waals surface area contributed by atoms with Crippen molar-refractivity contribution in [1.82, 2.24) is 10.6 Å². The topological polar surface area (TPSA) is 56.7 Å². The molecule has 0 fully saturated rings. The predicted molar refractivity (Wildman–Crippen MR) is 98.9 cm³/mol. The first-order valence-corrected chi connectivity index (χ1v) is 8.81. The van der Waals surface area contributed by atoms with Crippen molar-refractivity contribution in [3.05, 3.63) is 34.9 Å². The zero-order chi connectivity index (χ0) is 17.1. The molecule has 0 saturated heterocycles. The van der Waals surface area contributed by atoms with Crippen LogP contribution in [0.5, 0.6) is 0 Å². The van der Waals surface area contributed by atoms with E-state index in [1.807, 2.05) is 31.2 Å². The first-order valence-electron chi connectivity index (χ1n) is 8.43. The van der Waals surface area contributed by atoms with Gasteiger partial charge in [0.15, 0.2) is 5.96 Å². The van der Waals surface area contributed by atoms with Gasteiger partial charge in [-0.2, -0.15) is 0 Å². The summed E-state index contributed by atoms with van der Waals surface area (Å²) in [6.45, 7) is 8.86. The normalized spacial score (nSPS) is 13.2. The molecular weight excluding hydrogens is 310 g/mol. The quantitative estimate of drug-likeness (QED) is 0.477. The van der Waals surface area contributed by atoms with Gasteiger partial charge in [-0.3, -0.25) is 0 Å². The molecule has 0 bridgehead atoms. The highest BCUT2D eigenvalue weighted by Crippen LogP contribution is 2.16. The Kier molecular flexibility index (Phi) is 9.72. The third-order valence-corrected chi connectivity index (χ3v) is 3.98. The summed E-state index contributed by atoms with van der Waals surface area (Å²) in [6.07, 6.45) is 1.91. The van der Waals surface area contributed by atoms with Gasteiger partial charge in [-0.05, 0) is 43.2 Å². The van der Waals surface area contributed by atoms with Crippen molar-refractivity contribution in [3.63, 3.8) is 0 Å². The monoisotopic (exact) mass is 339 g/mol. The zero-order valence-electron chi connectivity index (χ0n) is 14.5. The van der Waals surface area contributed by atoms with Crippen molar-refractivity contribution in [2.45, 2.75) is 40.2 Å². The Hall–Kier alpha value is -1.26. The first-order chi connectivity index (χ1) is 11.1. The van der Waals surface area contributed by atoms with Crippen LogP contribution in [0.25, 0.3) is 0 Å². The Labute approximate surface area is 145 Å². The van der Waals surface area contributed by atoms with E-state index < -0.39 is 0 Å². The number of hydrogen-bond donors (Lipinski definition) is 3. The van der Waals surface area contributed by atoms with E-state index in [0.717, 1.165) is 42.5 Å². The van der Waals surface area contributed by atoms with E-state index in [9.17, 15) is 5.11 Å². The molecule has 0 spiro atoms. The number of nitrogens with zero attached hydrogens (tertiary/aromatic N) is 1. The van der Waals surface area contributed by atoms with E-state index in [4.69, 9.17) is 11.6 Å².